The van der Waals surface area contributed by atoms with E-state index in [0.29, 0.717) is 0 Å². The van der Waals surface area contributed by atoms with E-state index in [1.54, 1.807) is 0 Å². The minimum Gasteiger partial charge on any atom is -0.262 e. The fourth-order valence-electron chi connectivity index (χ4n) is 1.33. The van der Waals surface area contributed by atoms with Crippen LogP contribution in [0.25, 0.3) is 0 Å². The summed E-state index contributed by atoms with van der Waals surface area (Å²) < 4.78 is 2.21. The van der Waals surface area contributed by atoms with E-state index >= 15 is 0 Å². The fraction of sp³-hybridized carbons (Fsp3) is 0.875. The molecule has 1 unspecified atom stereocenters. The van der Waals surface area contributed by atoms with Crippen LogP contribution in [0.4, 0.5) is 0 Å². The maximum Gasteiger partial charge on any atom is 0.308 e. The summed E-state index contributed by atoms with van der Waals surface area (Å²) in [6.07, 6.45) is 0. The molecule has 0 radical (unpaired) electrons. The summed E-state index contributed by atoms with van der Waals surface area (Å²) >= 11 is 1.97. The number of hydrogen-bond acceptors (Lipinski definition) is 1. The lowest BCUT2D eigenvalue weighted by Gasteiger charge is -2.08. The Morgan fingerprint density at radius 1 is 1.64 bits per heavy atom. The number of nitrogens with zero attached hydrogens (tertiary/aromatic N) is 2. The molecule has 3 heteroatoms. The van der Waals surface area contributed by atoms with Crippen LogP contribution in [-0.2, 0) is 0 Å². The first-order valence-electron chi connectivity index (χ1n) is 4.11. The molecular formula is C8H17N2S+. The summed E-state index contributed by atoms with van der Waals surface area (Å²) in [4.78, 5) is 2.43. The summed E-state index contributed by atoms with van der Waals surface area (Å²) in [7, 11) is 4.23. The van der Waals surface area contributed by atoms with E-state index in [2.05, 4.69) is 37.4 Å². The zero-order valence-corrected chi connectivity index (χ0v) is 8.61. The van der Waals surface area contributed by atoms with Gasteiger partial charge in [-0.1, -0.05) is 0 Å². The van der Waals surface area contributed by atoms with Crippen molar-refractivity contribution < 1.29 is 4.58 Å². The SMILES string of the molecule is CCN1CC(C)SC1=[N+](C)C. The van der Waals surface area contributed by atoms with Crippen molar-refractivity contribution in [3.05, 3.63) is 0 Å². The van der Waals surface area contributed by atoms with Crippen molar-refractivity contribution in [2.75, 3.05) is 27.2 Å². The smallest absolute Gasteiger partial charge is 0.262 e. The molecule has 1 rings (SSSR count). The summed E-state index contributed by atoms with van der Waals surface area (Å²) in [6.45, 7) is 6.82. The molecule has 0 spiro atoms. The summed E-state index contributed by atoms with van der Waals surface area (Å²) in [5, 5.41) is 2.17. The molecule has 0 bridgehead atoms. The second-order valence-electron chi connectivity index (χ2n) is 3.14. The molecule has 0 N–H and O–H groups in total. The lowest BCUT2D eigenvalue weighted by atomic mass is 10.4. The Bertz CT molecular complexity index is 173. The third-order valence-corrected chi connectivity index (χ3v) is 3.20. The first kappa shape index (κ1) is 8.91. The molecule has 1 fully saturated rings. The van der Waals surface area contributed by atoms with E-state index in [0.717, 1.165) is 11.8 Å². The standard InChI is InChI=1S/C8H17N2S/c1-5-10-6-7(2)11-8(10)9(3)4/h7H,5-6H2,1-4H3/q+1. The van der Waals surface area contributed by atoms with Crippen LogP contribution < -0.4 is 0 Å². The van der Waals surface area contributed by atoms with Gasteiger partial charge in [0.05, 0.1) is 32.4 Å². The van der Waals surface area contributed by atoms with E-state index < -0.39 is 0 Å². The average molecular weight is 173 g/mol. The van der Waals surface area contributed by atoms with Gasteiger partial charge in [-0.15, -0.1) is 0 Å². The van der Waals surface area contributed by atoms with Gasteiger partial charge in [0, 0.05) is 0 Å². The number of amidine groups is 1. The van der Waals surface area contributed by atoms with Crippen LogP contribution in [0.3, 0.4) is 0 Å². The van der Waals surface area contributed by atoms with Crippen LogP contribution >= 0.6 is 11.8 Å². The molecule has 2 nitrogen and oxygen atoms in total. The average Bonchev–Trinajstić information content (AvgIpc) is 2.30. The highest BCUT2D eigenvalue weighted by atomic mass is 32.2. The molecule has 0 aromatic carbocycles. The molecule has 0 aromatic heterocycles. The lowest BCUT2D eigenvalue weighted by Crippen LogP contribution is -2.29. The Labute approximate surface area is 73.3 Å². The van der Waals surface area contributed by atoms with Gasteiger partial charge >= 0.3 is 5.17 Å². The van der Waals surface area contributed by atoms with Crippen molar-refractivity contribution in [1.82, 2.24) is 4.90 Å². The quantitative estimate of drug-likeness (QED) is 0.547. The van der Waals surface area contributed by atoms with Crippen molar-refractivity contribution in [2.24, 2.45) is 0 Å². The predicted octanol–water partition coefficient (Wildman–Crippen LogP) is 1.07. The number of rotatable bonds is 1. The van der Waals surface area contributed by atoms with Gasteiger partial charge in [0.2, 0.25) is 0 Å². The Morgan fingerprint density at radius 2 is 2.27 bits per heavy atom. The monoisotopic (exact) mass is 173 g/mol. The molecule has 0 aliphatic carbocycles. The van der Waals surface area contributed by atoms with Crippen molar-refractivity contribution in [1.29, 1.82) is 0 Å². The normalized spacial score (nSPS) is 24.5. The highest BCUT2D eigenvalue weighted by Crippen LogP contribution is 2.23. The molecule has 1 aliphatic rings. The van der Waals surface area contributed by atoms with Crippen LogP contribution in [0.15, 0.2) is 0 Å². The van der Waals surface area contributed by atoms with Crippen molar-refractivity contribution in [3.8, 4) is 0 Å². The molecule has 11 heavy (non-hydrogen) atoms. The van der Waals surface area contributed by atoms with Crippen LogP contribution in [-0.4, -0.2) is 47.1 Å². The Balaban J connectivity index is 2.73. The maximum atomic E-state index is 2.43. The van der Waals surface area contributed by atoms with Gasteiger partial charge in [-0.2, -0.15) is 0 Å². The fourth-order valence-corrected chi connectivity index (χ4v) is 2.51. The van der Waals surface area contributed by atoms with E-state index in [9.17, 15) is 0 Å². The summed E-state index contributed by atoms with van der Waals surface area (Å²) in [5.41, 5.74) is 0. The second-order valence-corrected chi connectivity index (χ2v) is 4.55. The molecule has 0 aromatic rings. The van der Waals surface area contributed by atoms with Crippen molar-refractivity contribution in [3.63, 3.8) is 0 Å². The highest BCUT2D eigenvalue weighted by Gasteiger charge is 2.31. The molecule has 0 saturated carbocycles. The minimum absolute atomic E-state index is 0.757. The van der Waals surface area contributed by atoms with Crippen LogP contribution in [0.2, 0.25) is 0 Å². The molecule has 1 saturated heterocycles. The topological polar surface area (TPSA) is 6.25 Å². The van der Waals surface area contributed by atoms with E-state index in [1.165, 1.54) is 11.7 Å². The minimum atomic E-state index is 0.757. The molecule has 64 valence electrons. The first-order valence-corrected chi connectivity index (χ1v) is 4.99. The number of hydrogen-bond donors (Lipinski definition) is 0. The van der Waals surface area contributed by atoms with Gasteiger partial charge < -0.3 is 0 Å². The summed E-state index contributed by atoms with van der Waals surface area (Å²) in [5.74, 6) is 0. The highest BCUT2D eigenvalue weighted by molar-refractivity contribution is 8.14. The third kappa shape index (κ3) is 1.89. The van der Waals surface area contributed by atoms with Gasteiger partial charge in [-0.25, -0.2) is 0 Å². The maximum absolute atomic E-state index is 2.43. The zero-order valence-electron chi connectivity index (χ0n) is 7.79. The molecule has 1 aliphatic heterocycles. The van der Waals surface area contributed by atoms with Crippen molar-refractivity contribution in [2.45, 2.75) is 19.1 Å². The lowest BCUT2D eigenvalue weighted by molar-refractivity contribution is -0.466. The Morgan fingerprint density at radius 3 is 2.64 bits per heavy atom. The molecular weight excluding hydrogens is 156 g/mol. The molecule has 0 amide bonds. The Kier molecular flexibility index (Phi) is 2.82. The van der Waals surface area contributed by atoms with E-state index in [-0.39, 0.29) is 0 Å². The number of thioether (sulfide) groups is 1. The van der Waals surface area contributed by atoms with Gasteiger partial charge in [-0.3, -0.25) is 9.48 Å². The van der Waals surface area contributed by atoms with Gasteiger partial charge in [0.25, 0.3) is 0 Å². The van der Waals surface area contributed by atoms with Crippen molar-refractivity contribution >= 4 is 16.9 Å². The summed E-state index contributed by atoms with van der Waals surface area (Å²) in [6, 6.07) is 0. The Hall–Kier alpha value is -0.180. The van der Waals surface area contributed by atoms with Gasteiger partial charge in [0.15, 0.2) is 0 Å². The second kappa shape index (κ2) is 3.48. The zero-order chi connectivity index (χ0) is 8.43. The molecule has 1 heterocycles. The largest absolute Gasteiger partial charge is 0.308 e. The van der Waals surface area contributed by atoms with Crippen LogP contribution in [0, 0.1) is 0 Å². The molecule has 1 atom stereocenters. The predicted molar refractivity (Wildman–Crippen MR) is 51.4 cm³/mol. The van der Waals surface area contributed by atoms with Gasteiger partial charge in [0.1, 0.15) is 0 Å². The first-order chi connectivity index (χ1) is 5.15. The van der Waals surface area contributed by atoms with E-state index in [1.807, 2.05) is 11.8 Å². The van der Waals surface area contributed by atoms with E-state index in [4.69, 9.17) is 0 Å². The van der Waals surface area contributed by atoms with Gasteiger partial charge in [-0.05, 0) is 25.6 Å². The third-order valence-electron chi connectivity index (χ3n) is 1.82. The van der Waals surface area contributed by atoms with Crippen LogP contribution in [0.5, 0.6) is 0 Å². The van der Waals surface area contributed by atoms with Crippen LogP contribution in [0.1, 0.15) is 13.8 Å².